The Morgan fingerprint density at radius 2 is 2.33 bits per heavy atom. The van der Waals surface area contributed by atoms with Crippen molar-refractivity contribution in [2.75, 3.05) is 0 Å². The molecule has 0 aromatic heterocycles. The Kier molecular flexibility index (Phi) is 7.63. The van der Waals surface area contributed by atoms with E-state index in [1.54, 1.807) is 0 Å². The molecule has 12 heavy (non-hydrogen) atoms. The van der Waals surface area contributed by atoms with Crippen LogP contribution in [0.4, 0.5) is 0 Å². The van der Waals surface area contributed by atoms with E-state index < -0.39 is 0 Å². The van der Waals surface area contributed by atoms with Gasteiger partial charge in [-0.3, -0.25) is 0 Å². The first-order valence-electron chi connectivity index (χ1n) is 3.78. The Hall–Kier alpha value is -0.00610. The number of benzene rings is 1. The molecule has 0 unspecified atom stereocenters. The van der Waals surface area contributed by atoms with Gasteiger partial charge in [0.1, 0.15) is 0 Å². The fraction of sp³-hybridized carbons (Fsp3) is 0.300. The summed E-state index contributed by atoms with van der Waals surface area (Å²) in [7, 11) is 0. The van der Waals surface area contributed by atoms with Crippen molar-refractivity contribution in [2.24, 2.45) is 4.99 Å². The van der Waals surface area contributed by atoms with E-state index in [9.17, 15) is 0 Å². The molecule has 0 aliphatic rings. The summed E-state index contributed by atoms with van der Waals surface area (Å²) in [6.45, 7) is 2.73. The van der Waals surface area contributed by atoms with Gasteiger partial charge < -0.3 is 11.2 Å². The third-order valence-corrected chi connectivity index (χ3v) is 1.29. The summed E-state index contributed by atoms with van der Waals surface area (Å²) >= 11 is 0. The Morgan fingerprint density at radius 3 is 2.92 bits per heavy atom. The van der Waals surface area contributed by atoms with Gasteiger partial charge >= 0.3 is 0 Å². The summed E-state index contributed by atoms with van der Waals surface area (Å²) in [4.78, 5) is 4.08. The Morgan fingerprint density at radius 1 is 1.50 bits per heavy atom. The molecule has 0 spiro atoms. The van der Waals surface area contributed by atoms with Crippen molar-refractivity contribution in [1.29, 1.82) is 0 Å². The first-order valence-corrected chi connectivity index (χ1v) is 3.78. The van der Waals surface area contributed by atoms with E-state index in [1.807, 2.05) is 31.2 Å². The van der Waals surface area contributed by atoms with Crippen molar-refractivity contribution >= 4 is 6.21 Å². The van der Waals surface area contributed by atoms with Crippen LogP contribution in [-0.4, -0.2) is 6.21 Å². The van der Waals surface area contributed by atoms with Crippen LogP contribution in [0.5, 0.6) is 0 Å². The molecule has 0 N–H and O–H groups in total. The minimum Gasteiger partial charge on any atom is -0.501 e. The number of hydrogen-bond acceptors (Lipinski definition) is 1. The van der Waals surface area contributed by atoms with Crippen LogP contribution in [0, 0.1) is 6.07 Å². The van der Waals surface area contributed by atoms with Gasteiger partial charge in [-0.15, -0.1) is 5.56 Å². The summed E-state index contributed by atoms with van der Waals surface area (Å²) in [5.74, 6) is 0. The number of rotatable bonds is 3. The SMILES string of the molecule is CC[C-]=NCc1[c-]cccc1.[Y]. The molecule has 0 saturated carbocycles. The van der Waals surface area contributed by atoms with Crippen LogP contribution in [0.25, 0.3) is 0 Å². The molecule has 0 fully saturated rings. The van der Waals surface area contributed by atoms with E-state index in [2.05, 4.69) is 17.3 Å². The van der Waals surface area contributed by atoms with Gasteiger partial charge in [-0.1, -0.05) is 6.92 Å². The number of hydrogen-bond donors (Lipinski definition) is 0. The summed E-state index contributed by atoms with van der Waals surface area (Å²) in [6, 6.07) is 11.0. The maximum Gasteiger partial charge on any atom is 0.00273 e. The zero-order valence-electron chi connectivity index (χ0n) is 7.25. The van der Waals surface area contributed by atoms with Crippen molar-refractivity contribution in [3.63, 3.8) is 0 Å². The molecule has 0 amide bonds. The molecule has 61 valence electrons. The van der Waals surface area contributed by atoms with Crippen LogP contribution < -0.4 is 0 Å². The van der Waals surface area contributed by atoms with Gasteiger partial charge in [-0.05, 0) is 0 Å². The minimum atomic E-state index is 0. The van der Waals surface area contributed by atoms with E-state index in [0.29, 0.717) is 6.54 Å². The van der Waals surface area contributed by atoms with E-state index in [1.165, 1.54) is 0 Å². The van der Waals surface area contributed by atoms with Crippen LogP contribution in [-0.2, 0) is 39.3 Å². The molecule has 1 radical (unpaired) electrons. The van der Waals surface area contributed by atoms with Crippen LogP contribution in [0.3, 0.4) is 0 Å². The smallest absolute Gasteiger partial charge is 0.00273 e. The number of nitrogens with zero attached hydrogens (tertiary/aromatic N) is 1. The van der Waals surface area contributed by atoms with Gasteiger partial charge in [0.2, 0.25) is 0 Å². The molecule has 0 saturated heterocycles. The van der Waals surface area contributed by atoms with Crippen LogP contribution in [0.1, 0.15) is 18.9 Å². The molecule has 1 aromatic rings. The van der Waals surface area contributed by atoms with Gasteiger partial charge in [-0.25, -0.2) is 0 Å². The van der Waals surface area contributed by atoms with Gasteiger partial charge in [0.05, 0.1) is 0 Å². The standard InChI is InChI=1S/C10H11N.Y/c1-2-8-11-9-10-6-4-3-5-7-10;/h3-6H,2,9H2,1H3;/q-2;. The Labute approximate surface area is 99.2 Å². The molecule has 0 aliphatic heterocycles. The number of aliphatic imine (C=N–C) groups is 1. The quantitative estimate of drug-likeness (QED) is 0.562. The summed E-state index contributed by atoms with van der Waals surface area (Å²) < 4.78 is 0. The second kappa shape index (κ2) is 7.63. The Bertz CT molecular complexity index is 219. The fourth-order valence-electron chi connectivity index (χ4n) is 0.782. The van der Waals surface area contributed by atoms with E-state index >= 15 is 0 Å². The van der Waals surface area contributed by atoms with Crippen molar-refractivity contribution in [1.82, 2.24) is 0 Å². The summed E-state index contributed by atoms with van der Waals surface area (Å²) in [5.41, 5.74) is 1.12. The molecule has 0 heterocycles. The largest absolute Gasteiger partial charge is 0.501 e. The zero-order valence-corrected chi connectivity index (χ0v) is 10.1. The molecule has 1 aromatic carbocycles. The molecular formula is C10H11NY-2. The molecule has 1 rings (SSSR count). The van der Waals surface area contributed by atoms with E-state index in [0.717, 1.165) is 12.0 Å². The van der Waals surface area contributed by atoms with Crippen LogP contribution in [0.2, 0.25) is 0 Å². The van der Waals surface area contributed by atoms with Gasteiger partial charge in [-0.2, -0.15) is 36.8 Å². The van der Waals surface area contributed by atoms with Crippen LogP contribution >= 0.6 is 0 Å². The zero-order chi connectivity index (χ0) is 7.94. The van der Waals surface area contributed by atoms with Crippen LogP contribution in [0.15, 0.2) is 29.3 Å². The average Bonchev–Trinajstić information content (AvgIpc) is 2.07. The average molecular weight is 234 g/mol. The predicted molar refractivity (Wildman–Crippen MR) is 46.7 cm³/mol. The molecular weight excluding hydrogens is 223 g/mol. The molecule has 1 nitrogen and oxygen atoms in total. The summed E-state index contributed by atoms with van der Waals surface area (Å²) in [6.07, 6.45) is 3.78. The van der Waals surface area contributed by atoms with Crippen molar-refractivity contribution in [3.05, 3.63) is 35.9 Å². The third kappa shape index (κ3) is 4.79. The normalized spacial score (nSPS) is 9.75. The van der Waals surface area contributed by atoms with Gasteiger partial charge in [0.15, 0.2) is 0 Å². The van der Waals surface area contributed by atoms with E-state index in [-0.39, 0.29) is 32.7 Å². The first kappa shape index (κ1) is 12.0. The van der Waals surface area contributed by atoms with Gasteiger partial charge in [0, 0.05) is 39.3 Å². The predicted octanol–water partition coefficient (Wildman–Crippen LogP) is 2.34. The third-order valence-electron chi connectivity index (χ3n) is 1.29. The summed E-state index contributed by atoms with van der Waals surface area (Å²) in [5, 5.41) is 0. The molecule has 2 heteroatoms. The second-order valence-corrected chi connectivity index (χ2v) is 2.22. The van der Waals surface area contributed by atoms with Crippen molar-refractivity contribution in [3.8, 4) is 0 Å². The van der Waals surface area contributed by atoms with E-state index in [4.69, 9.17) is 0 Å². The molecule has 0 aliphatic carbocycles. The van der Waals surface area contributed by atoms with Crippen molar-refractivity contribution < 1.29 is 32.7 Å². The maximum atomic E-state index is 4.08. The fourth-order valence-corrected chi connectivity index (χ4v) is 0.782. The monoisotopic (exact) mass is 234 g/mol. The molecule has 0 atom stereocenters. The van der Waals surface area contributed by atoms with Gasteiger partial charge in [0.25, 0.3) is 0 Å². The second-order valence-electron chi connectivity index (χ2n) is 2.22. The Balaban J connectivity index is 0.00000121. The topological polar surface area (TPSA) is 12.4 Å². The molecule has 0 bridgehead atoms. The van der Waals surface area contributed by atoms with Crippen molar-refractivity contribution in [2.45, 2.75) is 19.9 Å². The minimum absolute atomic E-state index is 0. The maximum absolute atomic E-state index is 4.08. The first-order chi connectivity index (χ1) is 5.43.